The van der Waals surface area contributed by atoms with E-state index in [0.29, 0.717) is 11.7 Å². The summed E-state index contributed by atoms with van der Waals surface area (Å²) >= 11 is 1.45. The van der Waals surface area contributed by atoms with E-state index in [4.69, 9.17) is 4.74 Å². The van der Waals surface area contributed by atoms with Gasteiger partial charge in [0.05, 0.1) is 18.9 Å². The Bertz CT molecular complexity index is 520. The number of amides is 1. The second-order valence-electron chi connectivity index (χ2n) is 5.10. The molecule has 1 N–H and O–H groups in total. The smallest absolute Gasteiger partial charge is 0.231 e. The number of nitrogens with zero attached hydrogens (tertiary/aromatic N) is 1. The molecule has 1 aliphatic carbocycles. The predicted molar refractivity (Wildman–Crippen MR) is 78.6 cm³/mol. The maximum Gasteiger partial charge on any atom is 0.231 e. The first kappa shape index (κ1) is 14.7. The third kappa shape index (κ3) is 3.67. The summed E-state index contributed by atoms with van der Waals surface area (Å²) in [6, 6.07) is 9.79. The molecule has 0 aliphatic heterocycles. The van der Waals surface area contributed by atoms with Crippen molar-refractivity contribution in [1.29, 1.82) is 5.26 Å². The number of carbonyl (C=O) groups is 1. The number of methoxy groups -OCH3 is 1. The third-order valence-electron chi connectivity index (χ3n) is 3.45. The molecular formula is C15H18N2O2S. The summed E-state index contributed by atoms with van der Waals surface area (Å²) in [4.78, 5) is 12.9. The number of nitriles is 1. The molecule has 0 saturated heterocycles. The van der Waals surface area contributed by atoms with Crippen molar-refractivity contribution in [3.8, 4) is 11.8 Å². The Morgan fingerprint density at radius 1 is 1.50 bits per heavy atom. The molecule has 1 atom stereocenters. The Kier molecular flexibility index (Phi) is 4.56. The van der Waals surface area contributed by atoms with E-state index < -0.39 is 5.54 Å². The summed E-state index contributed by atoms with van der Waals surface area (Å²) in [6.45, 7) is 1.81. The molecule has 1 aromatic rings. The van der Waals surface area contributed by atoms with E-state index in [1.165, 1.54) is 11.8 Å². The van der Waals surface area contributed by atoms with Crippen molar-refractivity contribution in [1.82, 2.24) is 5.32 Å². The van der Waals surface area contributed by atoms with E-state index in [1.807, 2.05) is 24.3 Å². The summed E-state index contributed by atoms with van der Waals surface area (Å²) in [6.07, 6.45) is 2.05. The van der Waals surface area contributed by atoms with Crippen LogP contribution in [0, 0.1) is 17.2 Å². The Balaban J connectivity index is 1.84. The Labute approximate surface area is 123 Å². The van der Waals surface area contributed by atoms with Gasteiger partial charge in [-0.1, -0.05) is 0 Å². The first-order valence-corrected chi connectivity index (χ1v) is 7.55. The number of rotatable bonds is 6. The lowest BCUT2D eigenvalue weighted by molar-refractivity contribution is -0.119. The number of ether oxygens (including phenoxy) is 1. The molecule has 1 aromatic carbocycles. The van der Waals surface area contributed by atoms with E-state index in [2.05, 4.69) is 11.4 Å². The van der Waals surface area contributed by atoms with Crippen LogP contribution >= 0.6 is 11.8 Å². The monoisotopic (exact) mass is 290 g/mol. The standard InChI is InChI=1S/C15H18N2O2S/c1-15(10-16,11-3-4-11)17-14(18)9-20-13-7-5-12(19-2)6-8-13/h5-8,11H,3-4,9H2,1-2H3,(H,17,18)/t15-/m1/s1. The molecule has 20 heavy (non-hydrogen) atoms. The quantitative estimate of drug-likeness (QED) is 0.818. The minimum Gasteiger partial charge on any atom is -0.497 e. The Hall–Kier alpha value is -1.67. The fourth-order valence-corrected chi connectivity index (χ4v) is 2.73. The van der Waals surface area contributed by atoms with Crippen LogP contribution < -0.4 is 10.1 Å². The van der Waals surface area contributed by atoms with Crippen molar-refractivity contribution in [3.05, 3.63) is 24.3 Å². The van der Waals surface area contributed by atoms with Gasteiger partial charge in [-0.15, -0.1) is 11.8 Å². The number of thioether (sulfide) groups is 1. The zero-order valence-corrected chi connectivity index (χ0v) is 12.5. The average molecular weight is 290 g/mol. The number of nitrogens with one attached hydrogen (secondary N) is 1. The van der Waals surface area contributed by atoms with E-state index in [1.54, 1.807) is 14.0 Å². The molecule has 1 amide bonds. The van der Waals surface area contributed by atoms with E-state index in [0.717, 1.165) is 23.5 Å². The zero-order chi connectivity index (χ0) is 14.6. The van der Waals surface area contributed by atoms with Crippen LogP contribution in [0.5, 0.6) is 5.75 Å². The van der Waals surface area contributed by atoms with E-state index in [9.17, 15) is 10.1 Å². The van der Waals surface area contributed by atoms with Gasteiger partial charge in [-0.25, -0.2) is 0 Å². The molecule has 1 aliphatic rings. The van der Waals surface area contributed by atoms with Gasteiger partial charge in [0.15, 0.2) is 0 Å². The number of benzene rings is 1. The normalized spacial score (nSPS) is 16.9. The lowest BCUT2D eigenvalue weighted by atomic mass is 9.98. The van der Waals surface area contributed by atoms with Gasteiger partial charge < -0.3 is 10.1 Å². The van der Waals surface area contributed by atoms with Crippen molar-refractivity contribution in [2.45, 2.75) is 30.2 Å². The Morgan fingerprint density at radius 3 is 2.65 bits per heavy atom. The van der Waals surface area contributed by atoms with Crippen LogP contribution in [-0.4, -0.2) is 24.3 Å². The van der Waals surface area contributed by atoms with Gasteiger partial charge in [-0.2, -0.15) is 5.26 Å². The number of hydrogen-bond donors (Lipinski definition) is 1. The zero-order valence-electron chi connectivity index (χ0n) is 11.7. The van der Waals surface area contributed by atoms with E-state index in [-0.39, 0.29) is 5.91 Å². The van der Waals surface area contributed by atoms with Crippen molar-refractivity contribution in [2.24, 2.45) is 5.92 Å². The maximum atomic E-state index is 11.9. The first-order valence-electron chi connectivity index (χ1n) is 6.56. The van der Waals surface area contributed by atoms with Crippen molar-refractivity contribution in [3.63, 3.8) is 0 Å². The lowest BCUT2D eigenvalue weighted by Crippen LogP contribution is -2.47. The fraction of sp³-hybridized carbons (Fsp3) is 0.467. The second-order valence-corrected chi connectivity index (χ2v) is 6.15. The molecule has 1 saturated carbocycles. The summed E-state index contributed by atoms with van der Waals surface area (Å²) in [5, 5.41) is 12.1. The molecule has 1 fully saturated rings. The highest BCUT2D eigenvalue weighted by atomic mass is 32.2. The minimum atomic E-state index is -0.711. The second kappa shape index (κ2) is 6.19. The number of hydrogen-bond acceptors (Lipinski definition) is 4. The molecule has 0 unspecified atom stereocenters. The fourth-order valence-electron chi connectivity index (χ4n) is 2.03. The van der Waals surface area contributed by atoms with Crippen LogP contribution in [0.4, 0.5) is 0 Å². The highest BCUT2D eigenvalue weighted by molar-refractivity contribution is 8.00. The predicted octanol–water partition coefficient (Wildman–Crippen LogP) is 2.60. The van der Waals surface area contributed by atoms with Gasteiger partial charge in [0.25, 0.3) is 0 Å². The summed E-state index contributed by atoms with van der Waals surface area (Å²) < 4.78 is 5.08. The molecule has 0 radical (unpaired) electrons. The van der Waals surface area contributed by atoms with Crippen LogP contribution in [0.25, 0.3) is 0 Å². The van der Waals surface area contributed by atoms with Crippen LogP contribution in [0.3, 0.4) is 0 Å². The summed E-state index contributed by atoms with van der Waals surface area (Å²) in [7, 11) is 1.62. The first-order chi connectivity index (χ1) is 9.57. The van der Waals surface area contributed by atoms with Crippen LogP contribution in [0.2, 0.25) is 0 Å². The van der Waals surface area contributed by atoms with Gasteiger partial charge in [0.1, 0.15) is 11.3 Å². The van der Waals surface area contributed by atoms with E-state index >= 15 is 0 Å². The lowest BCUT2D eigenvalue weighted by Gasteiger charge is -2.22. The van der Waals surface area contributed by atoms with Crippen molar-refractivity contribution < 1.29 is 9.53 Å². The highest BCUT2D eigenvalue weighted by Gasteiger charge is 2.42. The maximum absolute atomic E-state index is 11.9. The third-order valence-corrected chi connectivity index (χ3v) is 4.47. The van der Waals surface area contributed by atoms with Gasteiger partial charge in [-0.05, 0) is 49.9 Å². The highest BCUT2D eigenvalue weighted by Crippen LogP contribution is 2.39. The average Bonchev–Trinajstić information content (AvgIpc) is 3.30. The molecule has 4 nitrogen and oxygen atoms in total. The minimum absolute atomic E-state index is 0.0956. The largest absolute Gasteiger partial charge is 0.497 e. The molecule has 106 valence electrons. The van der Waals surface area contributed by atoms with Gasteiger partial charge in [0.2, 0.25) is 5.91 Å². The molecule has 2 rings (SSSR count). The molecule has 0 spiro atoms. The summed E-state index contributed by atoms with van der Waals surface area (Å²) in [5.41, 5.74) is -0.711. The van der Waals surface area contributed by atoms with Crippen LogP contribution in [0.1, 0.15) is 19.8 Å². The molecular weight excluding hydrogens is 272 g/mol. The Morgan fingerprint density at radius 2 is 2.15 bits per heavy atom. The molecule has 0 heterocycles. The number of carbonyl (C=O) groups excluding carboxylic acids is 1. The molecule has 0 bridgehead atoms. The summed E-state index contributed by atoms with van der Waals surface area (Å²) in [5.74, 6) is 1.32. The van der Waals surface area contributed by atoms with Crippen molar-refractivity contribution >= 4 is 17.7 Å². The van der Waals surface area contributed by atoms with Crippen LogP contribution in [-0.2, 0) is 4.79 Å². The van der Waals surface area contributed by atoms with Gasteiger partial charge in [0, 0.05) is 4.90 Å². The molecule has 5 heteroatoms. The topological polar surface area (TPSA) is 62.1 Å². The van der Waals surface area contributed by atoms with Crippen LogP contribution in [0.15, 0.2) is 29.2 Å². The SMILES string of the molecule is COc1ccc(SCC(=O)N[C@](C)(C#N)C2CC2)cc1. The van der Waals surface area contributed by atoms with Crippen molar-refractivity contribution in [2.75, 3.05) is 12.9 Å². The van der Waals surface area contributed by atoms with Gasteiger partial charge >= 0.3 is 0 Å². The van der Waals surface area contributed by atoms with Gasteiger partial charge in [-0.3, -0.25) is 4.79 Å². The molecule has 0 aromatic heterocycles.